The molecule has 0 radical (unpaired) electrons. The van der Waals surface area contributed by atoms with Gasteiger partial charge in [-0.3, -0.25) is 4.79 Å². The summed E-state index contributed by atoms with van der Waals surface area (Å²) < 4.78 is 79.5. The largest absolute Gasteiger partial charge is 0.486 e. The molecule has 0 saturated carbocycles. The fourth-order valence-corrected chi connectivity index (χ4v) is 2.46. The zero-order valence-electron chi connectivity index (χ0n) is 15.2. The number of amides is 1. The molecule has 30 heavy (non-hydrogen) atoms. The predicted molar refractivity (Wildman–Crippen MR) is 92.9 cm³/mol. The highest BCUT2D eigenvalue weighted by molar-refractivity contribution is 6.04. The topological polar surface area (TPSA) is 73.6 Å². The van der Waals surface area contributed by atoms with Crippen molar-refractivity contribution in [2.24, 2.45) is 0 Å². The van der Waals surface area contributed by atoms with Crippen molar-refractivity contribution in [1.82, 2.24) is 5.16 Å². The van der Waals surface area contributed by atoms with Crippen LogP contribution in [0.5, 0.6) is 11.5 Å². The minimum Gasteiger partial charge on any atom is -0.486 e. The van der Waals surface area contributed by atoms with Crippen LogP contribution in [-0.2, 0) is 6.61 Å². The predicted octanol–water partition coefficient (Wildman–Crippen LogP) is 4.83. The van der Waals surface area contributed by atoms with Crippen LogP contribution in [0.4, 0.5) is 27.6 Å². The Labute approximate surface area is 166 Å². The summed E-state index contributed by atoms with van der Waals surface area (Å²) >= 11 is 0. The van der Waals surface area contributed by atoms with Crippen molar-refractivity contribution in [3.05, 3.63) is 70.9 Å². The molecule has 6 nitrogen and oxygen atoms in total. The van der Waals surface area contributed by atoms with Gasteiger partial charge in [0.25, 0.3) is 5.91 Å². The number of nitrogens with one attached hydrogen (secondary N) is 1. The third-order valence-corrected chi connectivity index (χ3v) is 3.87. The van der Waals surface area contributed by atoms with Gasteiger partial charge in [-0.15, -0.1) is 0 Å². The number of halogens is 5. The Balaban J connectivity index is 1.80. The van der Waals surface area contributed by atoms with Crippen molar-refractivity contribution in [2.75, 3.05) is 5.32 Å². The van der Waals surface area contributed by atoms with E-state index >= 15 is 0 Å². The molecule has 0 saturated heterocycles. The second kappa shape index (κ2) is 8.80. The molecular formula is C19H13F5N2O4. The van der Waals surface area contributed by atoms with Gasteiger partial charge in [-0.2, -0.15) is 8.78 Å². The molecule has 11 heteroatoms. The summed E-state index contributed by atoms with van der Waals surface area (Å²) in [6.07, 6.45) is 0. The van der Waals surface area contributed by atoms with Crippen molar-refractivity contribution >= 4 is 11.6 Å². The highest BCUT2D eigenvalue weighted by atomic mass is 19.3. The van der Waals surface area contributed by atoms with Crippen LogP contribution in [0.15, 0.2) is 40.9 Å². The first-order valence-electron chi connectivity index (χ1n) is 8.33. The highest BCUT2D eigenvalue weighted by Crippen LogP contribution is 2.28. The van der Waals surface area contributed by atoms with E-state index in [-0.39, 0.29) is 35.1 Å². The second-order valence-electron chi connectivity index (χ2n) is 5.90. The quantitative estimate of drug-likeness (QED) is 0.546. The lowest BCUT2D eigenvalue weighted by Crippen LogP contribution is -2.17. The summed E-state index contributed by atoms with van der Waals surface area (Å²) in [6.45, 7) is -2.14. The fourth-order valence-electron chi connectivity index (χ4n) is 2.46. The first-order valence-corrected chi connectivity index (χ1v) is 8.33. The molecule has 1 amide bonds. The Morgan fingerprint density at radius 1 is 1.10 bits per heavy atom. The highest BCUT2D eigenvalue weighted by Gasteiger charge is 2.23. The first-order chi connectivity index (χ1) is 14.2. The van der Waals surface area contributed by atoms with Crippen LogP contribution in [0, 0.1) is 24.4 Å². The third-order valence-electron chi connectivity index (χ3n) is 3.87. The second-order valence-corrected chi connectivity index (χ2v) is 5.90. The molecule has 0 fully saturated rings. The van der Waals surface area contributed by atoms with E-state index in [0.717, 1.165) is 24.3 Å². The maximum atomic E-state index is 13.7. The number of aryl methyl sites for hydroxylation is 1. The van der Waals surface area contributed by atoms with E-state index in [1.165, 1.54) is 6.92 Å². The van der Waals surface area contributed by atoms with E-state index in [1.54, 1.807) is 0 Å². The Morgan fingerprint density at radius 3 is 2.50 bits per heavy atom. The van der Waals surface area contributed by atoms with Gasteiger partial charge < -0.3 is 19.3 Å². The third kappa shape index (κ3) is 4.85. The van der Waals surface area contributed by atoms with Gasteiger partial charge in [0.15, 0.2) is 23.0 Å². The van der Waals surface area contributed by atoms with Crippen molar-refractivity contribution in [3.8, 4) is 11.5 Å². The van der Waals surface area contributed by atoms with Gasteiger partial charge in [0.05, 0.1) is 11.3 Å². The Bertz CT molecular complexity index is 1070. The molecule has 158 valence electrons. The van der Waals surface area contributed by atoms with Gasteiger partial charge in [0.2, 0.25) is 0 Å². The minimum absolute atomic E-state index is 0.134. The van der Waals surface area contributed by atoms with Crippen LogP contribution in [0.25, 0.3) is 0 Å². The summed E-state index contributed by atoms with van der Waals surface area (Å²) in [5.41, 5.74) is -0.379. The summed E-state index contributed by atoms with van der Waals surface area (Å²) in [6, 6.07) is 5.33. The van der Waals surface area contributed by atoms with Gasteiger partial charge in [-0.25, -0.2) is 13.2 Å². The van der Waals surface area contributed by atoms with Gasteiger partial charge >= 0.3 is 6.61 Å². The van der Waals surface area contributed by atoms with E-state index in [9.17, 15) is 26.7 Å². The molecule has 1 aromatic heterocycles. The Hall–Kier alpha value is -3.63. The number of benzene rings is 2. The molecule has 1 heterocycles. The van der Waals surface area contributed by atoms with E-state index in [4.69, 9.17) is 9.26 Å². The van der Waals surface area contributed by atoms with Gasteiger partial charge in [0.1, 0.15) is 24.0 Å². The van der Waals surface area contributed by atoms with Crippen LogP contribution < -0.4 is 14.8 Å². The molecule has 0 aliphatic carbocycles. The van der Waals surface area contributed by atoms with Crippen molar-refractivity contribution in [2.45, 2.75) is 20.1 Å². The lowest BCUT2D eigenvalue weighted by molar-refractivity contribution is -0.0495. The van der Waals surface area contributed by atoms with Crippen LogP contribution in [0.1, 0.15) is 21.8 Å². The molecule has 0 aliphatic rings. The monoisotopic (exact) mass is 428 g/mol. The van der Waals surface area contributed by atoms with Crippen molar-refractivity contribution < 1.29 is 40.7 Å². The summed E-state index contributed by atoms with van der Waals surface area (Å²) in [5, 5.41) is 5.85. The first kappa shape index (κ1) is 21.1. The number of carbonyl (C=O) groups is 1. The molecule has 0 spiro atoms. The normalized spacial score (nSPS) is 10.9. The number of ether oxygens (including phenoxy) is 2. The zero-order valence-corrected chi connectivity index (χ0v) is 15.2. The Kier molecular flexibility index (Phi) is 6.19. The molecule has 3 rings (SSSR count). The zero-order chi connectivity index (χ0) is 21.8. The van der Waals surface area contributed by atoms with Crippen LogP contribution in [0.2, 0.25) is 0 Å². The van der Waals surface area contributed by atoms with Crippen molar-refractivity contribution in [1.29, 1.82) is 0 Å². The molecule has 0 atom stereocenters. The number of rotatable bonds is 7. The molecule has 2 aromatic carbocycles. The number of alkyl halides is 2. The molecule has 3 aromatic rings. The van der Waals surface area contributed by atoms with Gasteiger partial charge in [0, 0.05) is 12.1 Å². The number of hydrogen-bond acceptors (Lipinski definition) is 5. The molecule has 1 N–H and O–H groups in total. The summed E-state index contributed by atoms with van der Waals surface area (Å²) in [5.74, 6) is -4.17. The van der Waals surface area contributed by atoms with E-state index in [1.807, 2.05) is 0 Å². The Morgan fingerprint density at radius 2 is 1.80 bits per heavy atom. The van der Waals surface area contributed by atoms with Crippen LogP contribution in [-0.4, -0.2) is 17.7 Å². The smallest absolute Gasteiger partial charge is 0.387 e. The maximum absolute atomic E-state index is 13.7. The summed E-state index contributed by atoms with van der Waals surface area (Å²) in [7, 11) is 0. The fraction of sp³-hybridized carbons (Fsp3) is 0.158. The van der Waals surface area contributed by atoms with Gasteiger partial charge in [-0.05, 0) is 31.2 Å². The number of aromatic nitrogens is 1. The maximum Gasteiger partial charge on any atom is 0.387 e. The van der Waals surface area contributed by atoms with E-state index < -0.39 is 35.7 Å². The lowest BCUT2D eigenvalue weighted by Gasteiger charge is -2.12. The summed E-state index contributed by atoms with van der Waals surface area (Å²) in [4.78, 5) is 12.5. The number of hydrogen-bond donors (Lipinski definition) is 1. The average Bonchev–Trinajstić information content (AvgIpc) is 3.03. The average molecular weight is 428 g/mol. The lowest BCUT2D eigenvalue weighted by atomic mass is 10.2. The SMILES string of the molecule is Cc1onc(C(=O)Nc2ccc(F)cc2OC(F)F)c1COc1ccc(F)cc1F. The number of nitrogens with zero attached hydrogens (tertiary/aromatic N) is 1. The minimum atomic E-state index is -3.24. The molecule has 0 unspecified atom stereocenters. The standard InChI is InChI=1S/C19H13F5N2O4/c1-9-12(8-28-15-5-3-10(20)6-13(15)22)17(26-30-9)18(27)25-14-4-2-11(21)7-16(14)29-19(23)24/h2-7,19H,8H2,1H3,(H,25,27). The number of carbonyl (C=O) groups excluding carboxylic acids is 1. The van der Waals surface area contributed by atoms with Crippen molar-refractivity contribution in [3.63, 3.8) is 0 Å². The van der Waals surface area contributed by atoms with E-state index in [2.05, 4.69) is 15.2 Å². The van der Waals surface area contributed by atoms with Gasteiger partial charge in [-0.1, -0.05) is 5.16 Å². The molecule has 0 bridgehead atoms. The van der Waals surface area contributed by atoms with E-state index in [0.29, 0.717) is 12.1 Å². The molecule has 0 aliphatic heterocycles. The van der Waals surface area contributed by atoms with Crippen LogP contribution >= 0.6 is 0 Å². The molecular weight excluding hydrogens is 415 g/mol. The van der Waals surface area contributed by atoms with Crippen LogP contribution in [0.3, 0.4) is 0 Å². The number of anilines is 1.